The zero-order valence-electron chi connectivity index (χ0n) is 9.04. The van der Waals surface area contributed by atoms with E-state index in [1.807, 2.05) is 5.38 Å². The summed E-state index contributed by atoms with van der Waals surface area (Å²) in [5.74, 6) is 0. The zero-order chi connectivity index (χ0) is 13.3. The molecule has 0 bridgehead atoms. The Morgan fingerprint density at radius 3 is 2.50 bits per heavy atom. The average molecular weight is 292 g/mol. The van der Waals surface area contributed by atoms with E-state index >= 15 is 0 Å². The number of thiophene rings is 1. The first-order valence-corrected chi connectivity index (χ1v) is 6.36. The van der Waals surface area contributed by atoms with Crippen molar-refractivity contribution in [2.45, 2.75) is 12.2 Å². The molecule has 2 N–H and O–H groups in total. The van der Waals surface area contributed by atoms with Crippen LogP contribution in [0.4, 0.5) is 13.2 Å². The van der Waals surface area contributed by atoms with E-state index in [-0.39, 0.29) is 10.6 Å². The number of alkyl halides is 3. The summed E-state index contributed by atoms with van der Waals surface area (Å²) in [6, 6.07) is 4.90. The lowest BCUT2D eigenvalue weighted by atomic mass is 10.00. The van der Waals surface area contributed by atoms with Crippen LogP contribution >= 0.6 is 22.9 Å². The Labute approximate surface area is 111 Å². The van der Waals surface area contributed by atoms with Gasteiger partial charge in [0.25, 0.3) is 0 Å². The third kappa shape index (κ3) is 2.53. The third-order valence-electron chi connectivity index (χ3n) is 2.57. The molecule has 0 aliphatic rings. The molecule has 0 spiro atoms. The molecular weight excluding hydrogens is 283 g/mol. The summed E-state index contributed by atoms with van der Waals surface area (Å²) in [7, 11) is 0. The van der Waals surface area contributed by atoms with Crippen LogP contribution < -0.4 is 5.73 Å². The summed E-state index contributed by atoms with van der Waals surface area (Å²) in [6.07, 6.45) is -4.47. The summed E-state index contributed by atoms with van der Waals surface area (Å²) < 4.78 is 38.1. The molecule has 0 amide bonds. The molecule has 96 valence electrons. The van der Waals surface area contributed by atoms with E-state index in [0.29, 0.717) is 0 Å². The minimum Gasteiger partial charge on any atom is -0.320 e. The molecule has 0 radical (unpaired) electrons. The highest BCUT2D eigenvalue weighted by molar-refractivity contribution is 7.08. The average Bonchev–Trinajstić information content (AvgIpc) is 2.80. The first-order valence-electron chi connectivity index (χ1n) is 5.04. The van der Waals surface area contributed by atoms with Crippen LogP contribution in [0.2, 0.25) is 5.02 Å². The van der Waals surface area contributed by atoms with Crippen LogP contribution in [0.1, 0.15) is 22.7 Å². The van der Waals surface area contributed by atoms with Gasteiger partial charge in [0, 0.05) is 0 Å². The van der Waals surface area contributed by atoms with Crippen LogP contribution in [-0.2, 0) is 6.18 Å². The lowest BCUT2D eigenvalue weighted by Gasteiger charge is -2.16. The Bertz CT molecular complexity index is 537. The Kier molecular flexibility index (Phi) is 3.66. The maximum absolute atomic E-state index is 12.7. The molecule has 6 heteroatoms. The van der Waals surface area contributed by atoms with Gasteiger partial charge in [0.05, 0.1) is 16.6 Å². The lowest BCUT2D eigenvalue weighted by Crippen LogP contribution is -2.14. The van der Waals surface area contributed by atoms with Crippen molar-refractivity contribution in [3.05, 3.63) is 56.7 Å². The molecule has 0 fully saturated rings. The summed E-state index contributed by atoms with van der Waals surface area (Å²) in [5, 5.41) is 3.28. The van der Waals surface area contributed by atoms with Gasteiger partial charge in [0.1, 0.15) is 0 Å². The Hall–Kier alpha value is -1.04. The topological polar surface area (TPSA) is 26.0 Å². The minimum atomic E-state index is -4.47. The summed E-state index contributed by atoms with van der Waals surface area (Å²) in [6.45, 7) is 0. The van der Waals surface area contributed by atoms with Gasteiger partial charge >= 0.3 is 6.18 Å². The minimum absolute atomic E-state index is 0.282. The first kappa shape index (κ1) is 13.4. The number of halogens is 4. The molecule has 18 heavy (non-hydrogen) atoms. The van der Waals surface area contributed by atoms with E-state index in [2.05, 4.69) is 0 Å². The molecule has 0 aliphatic carbocycles. The van der Waals surface area contributed by atoms with Crippen LogP contribution in [0, 0.1) is 0 Å². The first-order chi connectivity index (χ1) is 8.41. The van der Waals surface area contributed by atoms with Gasteiger partial charge in [-0.15, -0.1) is 0 Å². The smallest absolute Gasteiger partial charge is 0.320 e. The van der Waals surface area contributed by atoms with Gasteiger partial charge in [-0.05, 0) is 34.0 Å². The molecule has 0 unspecified atom stereocenters. The van der Waals surface area contributed by atoms with Crippen molar-refractivity contribution in [3.8, 4) is 0 Å². The quantitative estimate of drug-likeness (QED) is 0.868. The molecule has 0 saturated carbocycles. The predicted molar refractivity (Wildman–Crippen MR) is 66.8 cm³/mol. The van der Waals surface area contributed by atoms with Crippen molar-refractivity contribution in [2.24, 2.45) is 5.73 Å². The van der Waals surface area contributed by atoms with Gasteiger partial charge in [0.15, 0.2) is 0 Å². The molecule has 2 aromatic rings. The molecular formula is C12H9ClF3NS. The van der Waals surface area contributed by atoms with Crippen LogP contribution in [0.25, 0.3) is 0 Å². The standard InChI is InChI=1S/C12H9ClF3NS/c13-10-8(11(17)7-4-5-18-6-7)2-1-3-9(10)12(14,15)16/h1-6,11H,17H2/t11-/m0/s1. The summed E-state index contributed by atoms with van der Waals surface area (Å²) >= 11 is 7.24. The van der Waals surface area contributed by atoms with Crippen molar-refractivity contribution < 1.29 is 13.2 Å². The van der Waals surface area contributed by atoms with Crippen LogP contribution in [0.5, 0.6) is 0 Å². The number of rotatable bonds is 2. The number of benzene rings is 1. The summed E-state index contributed by atoms with van der Waals surface area (Å²) in [5.41, 5.74) is 6.11. The summed E-state index contributed by atoms with van der Waals surface area (Å²) in [4.78, 5) is 0. The fourth-order valence-corrected chi connectivity index (χ4v) is 2.69. The third-order valence-corrected chi connectivity index (χ3v) is 3.69. The van der Waals surface area contributed by atoms with Gasteiger partial charge in [-0.3, -0.25) is 0 Å². The monoisotopic (exact) mass is 291 g/mol. The van der Waals surface area contributed by atoms with E-state index in [1.54, 1.807) is 11.4 Å². The van der Waals surface area contributed by atoms with Crippen LogP contribution in [0.3, 0.4) is 0 Å². The lowest BCUT2D eigenvalue weighted by molar-refractivity contribution is -0.137. The van der Waals surface area contributed by atoms with E-state index in [4.69, 9.17) is 17.3 Å². The highest BCUT2D eigenvalue weighted by atomic mass is 35.5. The van der Waals surface area contributed by atoms with Gasteiger partial charge in [-0.1, -0.05) is 23.7 Å². The number of hydrogen-bond acceptors (Lipinski definition) is 2. The van der Waals surface area contributed by atoms with Crippen molar-refractivity contribution in [2.75, 3.05) is 0 Å². The molecule has 0 aliphatic heterocycles. The Morgan fingerprint density at radius 2 is 1.94 bits per heavy atom. The largest absolute Gasteiger partial charge is 0.417 e. The van der Waals surface area contributed by atoms with Gasteiger partial charge in [-0.2, -0.15) is 24.5 Å². The van der Waals surface area contributed by atoms with Gasteiger partial charge in [0.2, 0.25) is 0 Å². The second-order valence-corrected chi connectivity index (χ2v) is 4.90. The zero-order valence-corrected chi connectivity index (χ0v) is 10.6. The second kappa shape index (κ2) is 4.91. The fraction of sp³-hybridized carbons (Fsp3) is 0.167. The van der Waals surface area contributed by atoms with Crippen LogP contribution in [0.15, 0.2) is 35.0 Å². The van der Waals surface area contributed by atoms with E-state index in [9.17, 15) is 13.2 Å². The Balaban J connectivity index is 2.47. The van der Waals surface area contributed by atoms with Gasteiger partial charge < -0.3 is 5.73 Å². The second-order valence-electron chi connectivity index (χ2n) is 3.74. The molecule has 2 rings (SSSR count). The maximum atomic E-state index is 12.7. The van der Waals surface area contributed by atoms with Gasteiger partial charge in [-0.25, -0.2) is 0 Å². The highest BCUT2D eigenvalue weighted by Gasteiger charge is 2.34. The molecule has 1 atom stereocenters. The molecule has 1 heterocycles. The predicted octanol–water partition coefficient (Wildman–Crippen LogP) is 4.47. The SMILES string of the molecule is N[C@@H](c1ccsc1)c1cccc(C(F)(F)F)c1Cl. The number of hydrogen-bond donors (Lipinski definition) is 1. The normalized spacial score (nSPS) is 13.6. The van der Waals surface area contributed by atoms with Crippen molar-refractivity contribution >= 4 is 22.9 Å². The Morgan fingerprint density at radius 1 is 1.22 bits per heavy atom. The van der Waals surface area contributed by atoms with Crippen molar-refractivity contribution in [1.29, 1.82) is 0 Å². The van der Waals surface area contributed by atoms with E-state index in [0.717, 1.165) is 11.6 Å². The van der Waals surface area contributed by atoms with E-state index in [1.165, 1.54) is 23.5 Å². The van der Waals surface area contributed by atoms with E-state index < -0.39 is 17.8 Å². The maximum Gasteiger partial charge on any atom is 0.417 e. The van der Waals surface area contributed by atoms with Crippen molar-refractivity contribution in [1.82, 2.24) is 0 Å². The molecule has 1 aromatic carbocycles. The molecule has 0 saturated heterocycles. The highest BCUT2D eigenvalue weighted by Crippen LogP contribution is 2.38. The van der Waals surface area contributed by atoms with Crippen LogP contribution in [-0.4, -0.2) is 0 Å². The molecule has 1 aromatic heterocycles. The van der Waals surface area contributed by atoms with Crippen molar-refractivity contribution in [3.63, 3.8) is 0 Å². The fourth-order valence-electron chi connectivity index (χ4n) is 1.64. The molecule has 1 nitrogen and oxygen atoms in total. The number of nitrogens with two attached hydrogens (primary N) is 1.